The maximum Gasteiger partial charge on any atom is 0.263 e. The molecule has 120 valence electrons. The molecule has 0 spiro atoms. The van der Waals surface area contributed by atoms with Gasteiger partial charge in [-0.2, -0.15) is 0 Å². The van der Waals surface area contributed by atoms with Gasteiger partial charge in [0.15, 0.2) is 0 Å². The van der Waals surface area contributed by atoms with E-state index in [1.807, 2.05) is 31.1 Å². The smallest absolute Gasteiger partial charge is 0.263 e. The van der Waals surface area contributed by atoms with E-state index in [0.29, 0.717) is 6.54 Å². The first-order chi connectivity index (χ1) is 11.1. The summed E-state index contributed by atoms with van der Waals surface area (Å²) >= 11 is 0. The first-order valence-corrected chi connectivity index (χ1v) is 7.55. The molecule has 1 fully saturated rings. The lowest BCUT2D eigenvalue weighted by molar-refractivity contribution is 0.0733. The summed E-state index contributed by atoms with van der Waals surface area (Å²) in [5, 5.41) is 0. The summed E-state index contributed by atoms with van der Waals surface area (Å²) in [6.07, 6.45) is 6.15. The van der Waals surface area contributed by atoms with Crippen LogP contribution in [0.3, 0.4) is 0 Å². The Morgan fingerprint density at radius 2 is 2.26 bits per heavy atom. The number of anilines is 1. The fourth-order valence-corrected chi connectivity index (χ4v) is 2.89. The Morgan fingerprint density at radius 3 is 3.00 bits per heavy atom. The van der Waals surface area contributed by atoms with Crippen LogP contribution in [0.15, 0.2) is 35.6 Å². The number of H-pyrrole nitrogens is 1. The van der Waals surface area contributed by atoms with Crippen molar-refractivity contribution in [1.29, 1.82) is 0 Å². The highest BCUT2D eigenvalue weighted by Crippen LogP contribution is 2.33. The normalized spacial score (nSPS) is 17.3. The molecule has 1 atom stereocenters. The van der Waals surface area contributed by atoms with Crippen LogP contribution in [-0.2, 0) is 0 Å². The molecule has 2 aromatic heterocycles. The van der Waals surface area contributed by atoms with Crippen molar-refractivity contribution in [2.75, 3.05) is 25.5 Å². The van der Waals surface area contributed by atoms with Crippen LogP contribution in [0.2, 0.25) is 0 Å². The highest BCUT2D eigenvalue weighted by Gasteiger charge is 2.32. The Labute approximate surface area is 134 Å². The average Bonchev–Trinajstić information content (AvgIpc) is 3.04. The van der Waals surface area contributed by atoms with E-state index in [0.717, 1.165) is 24.2 Å². The van der Waals surface area contributed by atoms with Crippen molar-refractivity contribution in [3.8, 4) is 0 Å². The lowest BCUT2D eigenvalue weighted by Crippen LogP contribution is -2.34. The third kappa shape index (κ3) is 2.94. The summed E-state index contributed by atoms with van der Waals surface area (Å²) in [5.41, 5.74) is 0.718. The summed E-state index contributed by atoms with van der Waals surface area (Å²) in [6, 6.07) is 3.88. The first kappa shape index (κ1) is 15.2. The van der Waals surface area contributed by atoms with E-state index in [2.05, 4.69) is 15.0 Å². The van der Waals surface area contributed by atoms with Crippen molar-refractivity contribution in [3.05, 3.63) is 52.3 Å². The number of carbonyl (C=O) groups is 1. The van der Waals surface area contributed by atoms with Gasteiger partial charge in [-0.25, -0.2) is 9.97 Å². The molecule has 3 rings (SSSR count). The largest absolute Gasteiger partial charge is 0.363 e. The summed E-state index contributed by atoms with van der Waals surface area (Å²) in [7, 11) is 3.86. The third-order valence-corrected chi connectivity index (χ3v) is 4.08. The van der Waals surface area contributed by atoms with Crippen LogP contribution < -0.4 is 10.5 Å². The summed E-state index contributed by atoms with van der Waals surface area (Å²) < 4.78 is 0. The molecule has 0 unspecified atom stereocenters. The maximum atomic E-state index is 12.7. The third-order valence-electron chi connectivity index (χ3n) is 4.08. The molecule has 23 heavy (non-hydrogen) atoms. The molecule has 0 aliphatic carbocycles. The van der Waals surface area contributed by atoms with Crippen molar-refractivity contribution in [2.24, 2.45) is 0 Å². The molecule has 1 saturated heterocycles. The average molecular weight is 313 g/mol. The van der Waals surface area contributed by atoms with Crippen molar-refractivity contribution in [2.45, 2.75) is 18.9 Å². The van der Waals surface area contributed by atoms with Gasteiger partial charge in [0.05, 0.1) is 12.4 Å². The van der Waals surface area contributed by atoms with Crippen molar-refractivity contribution in [1.82, 2.24) is 19.9 Å². The van der Waals surface area contributed by atoms with Crippen LogP contribution in [-0.4, -0.2) is 46.4 Å². The van der Waals surface area contributed by atoms with Gasteiger partial charge in [0.1, 0.15) is 11.4 Å². The maximum absolute atomic E-state index is 12.7. The molecule has 2 aromatic rings. The van der Waals surface area contributed by atoms with Crippen LogP contribution >= 0.6 is 0 Å². The molecular formula is C16H19N5O2. The highest BCUT2D eigenvalue weighted by atomic mass is 16.2. The number of likely N-dealkylation sites (tertiary alicyclic amines) is 1. The Bertz CT molecular complexity index is 771. The molecular weight excluding hydrogens is 294 g/mol. The van der Waals surface area contributed by atoms with Crippen LogP contribution in [0.5, 0.6) is 0 Å². The van der Waals surface area contributed by atoms with Gasteiger partial charge in [0, 0.05) is 33.0 Å². The number of amides is 1. The SMILES string of the molecule is CN(C)c1cc([C@@H]2CCCN2C(=O)c2cnc[nH]c2=O)ccn1. The number of nitrogens with zero attached hydrogens (tertiary/aromatic N) is 4. The Kier molecular flexibility index (Phi) is 4.10. The van der Waals surface area contributed by atoms with Crippen molar-refractivity contribution in [3.63, 3.8) is 0 Å². The summed E-state index contributed by atoms with van der Waals surface area (Å²) in [6.45, 7) is 0.636. The predicted molar refractivity (Wildman–Crippen MR) is 86.4 cm³/mol. The fourth-order valence-electron chi connectivity index (χ4n) is 2.89. The Balaban J connectivity index is 1.92. The van der Waals surface area contributed by atoms with Crippen LogP contribution in [0.1, 0.15) is 34.8 Å². The second-order valence-corrected chi connectivity index (χ2v) is 5.79. The molecule has 1 N–H and O–H groups in total. The van der Waals surface area contributed by atoms with E-state index in [9.17, 15) is 9.59 Å². The van der Waals surface area contributed by atoms with Gasteiger partial charge in [-0.3, -0.25) is 9.59 Å². The summed E-state index contributed by atoms with van der Waals surface area (Å²) in [5.74, 6) is 0.575. The van der Waals surface area contributed by atoms with Gasteiger partial charge < -0.3 is 14.8 Å². The van der Waals surface area contributed by atoms with E-state index < -0.39 is 5.56 Å². The summed E-state index contributed by atoms with van der Waals surface area (Å²) in [4.78, 5) is 38.8. The lowest BCUT2D eigenvalue weighted by atomic mass is 10.1. The number of aromatic nitrogens is 3. The van der Waals surface area contributed by atoms with E-state index >= 15 is 0 Å². The van der Waals surface area contributed by atoms with Crippen LogP contribution in [0, 0.1) is 0 Å². The molecule has 3 heterocycles. The number of rotatable bonds is 3. The van der Waals surface area contributed by atoms with Gasteiger partial charge >= 0.3 is 0 Å². The van der Waals surface area contributed by atoms with Crippen LogP contribution in [0.4, 0.5) is 5.82 Å². The molecule has 0 aromatic carbocycles. The van der Waals surface area contributed by atoms with Gasteiger partial charge in [-0.15, -0.1) is 0 Å². The number of nitrogens with one attached hydrogen (secondary N) is 1. The van der Waals surface area contributed by atoms with Gasteiger partial charge in [-0.05, 0) is 30.5 Å². The van der Waals surface area contributed by atoms with E-state index in [-0.39, 0.29) is 17.5 Å². The topological polar surface area (TPSA) is 82.2 Å². The Hall–Kier alpha value is -2.70. The minimum absolute atomic E-state index is 0.0381. The first-order valence-electron chi connectivity index (χ1n) is 7.55. The van der Waals surface area contributed by atoms with Gasteiger partial charge in [-0.1, -0.05) is 0 Å². The minimum Gasteiger partial charge on any atom is -0.363 e. The number of aromatic amines is 1. The molecule has 1 aliphatic heterocycles. The van der Waals surface area contributed by atoms with E-state index in [1.54, 1.807) is 11.1 Å². The van der Waals surface area contributed by atoms with Gasteiger partial charge in [0.25, 0.3) is 11.5 Å². The second-order valence-electron chi connectivity index (χ2n) is 5.79. The lowest BCUT2D eigenvalue weighted by Gasteiger charge is -2.25. The molecule has 1 aliphatic rings. The van der Waals surface area contributed by atoms with E-state index in [4.69, 9.17) is 0 Å². The molecule has 0 saturated carbocycles. The number of hydrogen-bond acceptors (Lipinski definition) is 5. The van der Waals surface area contributed by atoms with Crippen molar-refractivity contribution >= 4 is 11.7 Å². The van der Waals surface area contributed by atoms with E-state index in [1.165, 1.54) is 12.5 Å². The molecule has 0 bridgehead atoms. The number of carbonyl (C=O) groups excluding carboxylic acids is 1. The second kappa shape index (κ2) is 6.20. The minimum atomic E-state index is -0.403. The number of hydrogen-bond donors (Lipinski definition) is 1. The number of pyridine rings is 1. The zero-order valence-electron chi connectivity index (χ0n) is 13.2. The monoisotopic (exact) mass is 313 g/mol. The Morgan fingerprint density at radius 1 is 1.43 bits per heavy atom. The quantitative estimate of drug-likeness (QED) is 0.921. The van der Waals surface area contributed by atoms with Crippen LogP contribution in [0.25, 0.3) is 0 Å². The molecule has 7 heteroatoms. The zero-order valence-corrected chi connectivity index (χ0v) is 13.2. The predicted octanol–water partition coefficient (Wildman–Crippen LogP) is 1.21. The standard InChI is InChI=1S/C16H19N5O2/c1-20(2)14-8-11(5-6-18-14)13-4-3-7-21(13)16(23)12-9-17-10-19-15(12)22/h5-6,8-10,13H,3-4,7H2,1-2H3,(H,17,19,22)/t13-/m0/s1. The molecule has 7 nitrogen and oxygen atoms in total. The van der Waals surface area contributed by atoms with Crippen molar-refractivity contribution < 1.29 is 4.79 Å². The zero-order chi connectivity index (χ0) is 16.4. The highest BCUT2D eigenvalue weighted by molar-refractivity contribution is 5.94. The fraction of sp³-hybridized carbons (Fsp3) is 0.375. The molecule has 1 amide bonds. The van der Waals surface area contributed by atoms with Gasteiger partial charge in [0.2, 0.25) is 0 Å². The molecule has 0 radical (unpaired) electrons.